The Balaban J connectivity index is 2.03. The summed E-state index contributed by atoms with van der Waals surface area (Å²) < 4.78 is 39.4. The standard InChI is InChI=1S/C12H15ClFNO3S/c13-11-6-10(3-4-12(11)14)19(17,18)15-7-8-1-2-9(16)5-8/h3-4,6,8-9,15-16H,1-2,5,7H2. The van der Waals surface area contributed by atoms with Crippen LogP contribution < -0.4 is 4.72 Å². The van der Waals surface area contributed by atoms with Crippen molar-refractivity contribution in [2.75, 3.05) is 6.54 Å². The van der Waals surface area contributed by atoms with E-state index in [-0.39, 0.29) is 28.5 Å². The Hall–Kier alpha value is -0.690. The zero-order valence-corrected chi connectivity index (χ0v) is 11.7. The molecule has 106 valence electrons. The minimum absolute atomic E-state index is 0.0579. The van der Waals surface area contributed by atoms with E-state index in [1.165, 1.54) is 6.07 Å². The van der Waals surface area contributed by atoms with Gasteiger partial charge in [-0.15, -0.1) is 0 Å². The molecule has 0 heterocycles. The molecular formula is C12H15ClFNO3S. The molecule has 0 bridgehead atoms. The number of aliphatic hydroxyl groups is 1. The van der Waals surface area contributed by atoms with E-state index < -0.39 is 15.8 Å². The third-order valence-corrected chi connectivity index (χ3v) is 4.99. The van der Waals surface area contributed by atoms with E-state index in [0.717, 1.165) is 18.6 Å². The molecule has 2 rings (SSSR count). The predicted molar refractivity (Wildman–Crippen MR) is 69.9 cm³/mol. The van der Waals surface area contributed by atoms with Crippen molar-refractivity contribution in [3.05, 3.63) is 29.0 Å². The Labute approximate surface area is 116 Å². The maximum Gasteiger partial charge on any atom is 0.240 e. The van der Waals surface area contributed by atoms with Gasteiger partial charge in [-0.25, -0.2) is 17.5 Å². The fourth-order valence-electron chi connectivity index (χ4n) is 2.19. The smallest absolute Gasteiger partial charge is 0.240 e. The maximum absolute atomic E-state index is 13.0. The number of hydrogen-bond donors (Lipinski definition) is 2. The van der Waals surface area contributed by atoms with Crippen LogP contribution in [0.5, 0.6) is 0 Å². The van der Waals surface area contributed by atoms with Gasteiger partial charge in [0.25, 0.3) is 0 Å². The summed E-state index contributed by atoms with van der Waals surface area (Å²) in [6, 6.07) is 3.28. The summed E-state index contributed by atoms with van der Waals surface area (Å²) in [6.07, 6.45) is 1.77. The molecule has 0 radical (unpaired) electrons. The van der Waals surface area contributed by atoms with Gasteiger partial charge >= 0.3 is 0 Å². The van der Waals surface area contributed by atoms with Gasteiger partial charge in [0.15, 0.2) is 0 Å². The van der Waals surface area contributed by atoms with Crippen LogP contribution in [0.3, 0.4) is 0 Å². The van der Waals surface area contributed by atoms with Gasteiger partial charge in [-0.05, 0) is 43.4 Å². The molecule has 1 saturated carbocycles. The number of halogens is 2. The van der Waals surface area contributed by atoms with Crippen LogP contribution in [0.1, 0.15) is 19.3 Å². The van der Waals surface area contributed by atoms with E-state index >= 15 is 0 Å². The third-order valence-electron chi connectivity index (χ3n) is 3.28. The Morgan fingerprint density at radius 2 is 2.16 bits per heavy atom. The largest absolute Gasteiger partial charge is 0.393 e. The van der Waals surface area contributed by atoms with Gasteiger partial charge in [-0.1, -0.05) is 11.6 Å². The molecule has 19 heavy (non-hydrogen) atoms. The Morgan fingerprint density at radius 1 is 1.42 bits per heavy atom. The predicted octanol–water partition coefficient (Wildman–Crippen LogP) is 1.92. The second-order valence-corrected chi connectivity index (χ2v) is 6.93. The maximum atomic E-state index is 13.0. The fourth-order valence-corrected chi connectivity index (χ4v) is 3.58. The summed E-state index contributed by atoms with van der Waals surface area (Å²) >= 11 is 5.57. The molecule has 0 saturated heterocycles. The van der Waals surface area contributed by atoms with Crippen molar-refractivity contribution in [3.63, 3.8) is 0 Å². The zero-order chi connectivity index (χ0) is 14.0. The number of sulfonamides is 1. The molecule has 1 aliphatic rings. The second-order valence-electron chi connectivity index (χ2n) is 4.76. The lowest BCUT2D eigenvalue weighted by molar-refractivity contribution is 0.178. The molecule has 0 aromatic heterocycles. The molecule has 2 atom stereocenters. The fraction of sp³-hybridized carbons (Fsp3) is 0.500. The summed E-state index contributed by atoms with van der Waals surface area (Å²) in [4.78, 5) is -0.0579. The lowest BCUT2D eigenvalue weighted by Crippen LogP contribution is -2.28. The molecule has 0 amide bonds. The van der Waals surface area contributed by atoms with Crippen molar-refractivity contribution in [2.24, 2.45) is 5.92 Å². The van der Waals surface area contributed by atoms with Gasteiger partial charge in [-0.2, -0.15) is 0 Å². The summed E-state index contributed by atoms with van der Waals surface area (Å²) in [7, 11) is -3.69. The first kappa shape index (κ1) is 14.7. The molecule has 2 unspecified atom stereocenters. The van der Waals surface area contributed by atoms with Gasteiger partial charge in [-0.3, -0.25) is 0 Å². The van der Waals surface area contributed by atoms with Crippen molar-refractivity contribution < 1.29 is 17.9 Å². The van der Waals surface area contributed by atoms with Crippen LogP contribution >= 0.6 is 11.6 Å². The Kier molecular flexibility index (Phi) is 4.45. The van der Waals surface area contributed by atoms with Crippen molar-refractivity contribution >= 4 is 21.6 Å². The molecule has 7 heteroatoms. The number of aliphatic hydroxyl groups excluding tert-OH is 1. The van der Waals surface area contributed by atoms with Crippen LogP contribution in [0.25, 0.3) is 0 Å². The summed E-state index contributed by atoms with van der Waals surface area (Å²) in [6.45, 7) is 0.272. The molecule has 1 aromatic carbocycles. The van der Waals surface area contributed by atoms with Crippen molar-refractivity contribution in [2.45, 2.75) is 30.3 Å². The highest BCUT2D eigenvalue weighted by Crippen LogP contribution is 2.25. The molecule has 4 nitrogen and oxygen atoms in total. The number of rotatable bonds is 4. The van der Waals surface area contributed by atoms with Crippen LogP contribution in [0.15, 0.2) is 23.1 Å². The van der Waals surface area contributed by atoms with Crippen molar-refractivity contribution in [3.8, 4) is 0 Å². The van der Waals surface area contributed by atoms with Crippen LogP contribution in [-0.2, 0) is 10.0 Å². The summed E-state index contributed by atoms with van der Waals surface area (Å²) in [5, 5.41) is 9.15. The van der Waals surface area contributed by atoms with Crippen LogP contribution in [0.2, 0.25) is 5.02 Å². The molecule has 0 aliphatic heterocycles. The minimum atomic E-state index is -3.69. The zero-order valence-electron chi connectivity index (χ0n) is 10.1. The first-order chi connectivity index (χ1) is 8.88. The highest BCUT2D eigenvalue weighted by atomic mass is 35.5. The van der Waals surface area contributed by atoms with E-state index in [4.69, 9.17) is 11.6 Å². The molecule has 0 spiro atoms. The minimum Gasteiger partial charge on any atom is -0.393 e. The number of benzene rings is 1. The Morgan fingerprint density at radius 3 is 2.74 bits per heavy atom. The highest BCUT2D eigenvalue weighted by molar-refractivity contribution is 7.89. The SMILES string of the molecule is O=S(=O)(NCC1CCC(O)C1)c1ccc(F)c(Cl)c1. The Bertz CT molecular complexity index is 564. The first-order valence-electron chi connectivity index (χ1n) is 6.01. The third kappa shape index (κ3) is 3.66. The van der Waals surface area contributed by atoms with Gasteiger partial charge < -0.3 is 5.11 Å². The topological polar surface area (TPSA) is 66.4 Å². The molecular weight excluding hydrogens is 293 g/mol. The van der Waals surface area contributed by atoms with E-state index in [1.807, 2.05) is 0 Å². The highest BCUT2D eigenvalue weighted by Gasteiger charge is 2.25. The van der Waals surface area contributed by atoms with Crippen molar-refractivity contribution in [1.29, 1.82) is 0 Å². The summed E-state index contributed by atoms with van der Waals surface area (Å²) in [5.41, 5.74) is 0. The normalized spacial score (nSPS) is 23.7. The molecule has 1 aromatic rings. The average molecular weight is 308 g/mol. The van der Waals surface area contributed by atoms with Gasteiger partial charge in [0, 0.05) is 6.54 Å². The lowest BCUT2D eigenvalue weighted by atomic mass is 10.1. The van der Waals surface area contributed by atoms with E-state index in [1.54, 1.807) is 0 Å². The average Bonchev–Trinajstić information content (AvgIpc) is 2.76. The number of hydrogen-bond acceptors (Lipinski definition) is 3. The lowest BCUT2D eigenvalue weighted by Gasteiger charge is -2.11. The van der Waals surface area contributed by atoms with Gasteiger partial charge in [0.05, 0.1) is 16.0 Å². The van der Waals surface area contributed by atoms with Crippen LogP contribution in [0, 0.1) is 11.7 Å². The molecule has 1 fully saturated rings. The van der Waals surface area contributed by atoms with Crippen LogP contribution in [0.4, 0.5) is 4.39 Å². The summed E-state index contributed by atoms with van der Waals surface area (Å²) in [5.74, 6) is -0.514. The van der Waals surface area contributed by atoms with Crippen molar-refractivity contribution in [1.82, 2.24) is 4.72 Å². The van der Waals surface area contributed by atoms with E-state index in [0.29, 0.717) is 12.8 Å². The van der Waals surface area contributed by atoms with Gasteiger partial charge in [0.1, 0.15) is 5.82 Å². The van der Waals surface area contributed by atoms with E-state index in [2.05, 4.69) is 4.72 Å². The van der Waals surface area contributed by atoms with Gasteiger partial charge in [0.2, 0.25) is 10.0 Å². The second kappa shape index (κ2) is 5.75. The molecule has 2 N–H and O–H groups in total. The quantitative estimate of drug-likeness (QED) is 0.893. The van der Waals surface area contributed by atoms with E-state index in [9.17, 15) is 17.9 Å². The van der Waals surface area contributed by atoms with Crippen LogP contribution in [-0.4, -0.2) is 26.2 Å². The number of nitrogens with one attached hydrogen (secondary N) is 1. The monoisotopic (exact) mass is 307 g/mol. The molecule has 1 aliphatic carbocycles. The first-order valence-corrected chi connectivity index (χ1v) is 7.87.